The topological polar surface area (TPSA) is 234 Å². The van der Waals surface area contributed by atoms with Gasteiger partial charge in [0.15, 0.2) is 23.2 Å². The van der Waals surface area contributed by atoms with Crippen LogP contribution in [0.15, 0.2) is 54.9 Å². The number of halogens is 2. The van der Waals surface area contributed by atoms with Gasteiger partial charge in [-0.1, -0.05) is 41.4 Å². The summed E-state index contributed by atoms with van der Waals surface area (Å²) in [5.74, 6) is -0.386. The van der Waals surface area contributed by atoms with Crippen LogP contribution >= 0.6 is 31.7 Å². The smallest absolute Gasteiger partial charge is 0.327 e. The Morgan fingerprint density at radius 3 is 2.57 bits per heavy atom. The number of hydrazine groups is 1. The molecule has 1 aliphatic heterocycles. The van der Waals surface area contributed by atoms with E-state index in [4.69, 9.17) is 47.5 Å². The Morgan fingerprint density at radius 1 is 1.18 bits per heavy atom. The van der Waals surface area contributed by atoms with E-state index in [1.165, 1.54) is 17.8 Å². The molecule has 17 nitrogen and oxygen atoms in total. The van der Waals surface area contributed by atoms with Crippen LogP contribution in [0.25, 0.3) is 11.2 Å². The van der Waals surface area contributed by atoms with Crippen LogP contribution in [0, 0.1) is 0 Å². The molecular formula is C30H35Cl2N8O9PS. The highest BCUT2D eigenvalue weighted by molar-refractivity contribution is 7.88. The lowest BCUT2D eigenvalue weighted by atomic mass is 9.78. The number of nitrogens with two attached hydrogens (primary N) is 1. The fourth-order valence-corrected chi connectivity index (χ4v) is 7.51. The molecule has 4 aromatic rings. The largest absolute Gasteiger partial charge is 0.459 e. The van der Waals surface area contributed by atoms with E-state index >= 15 is 0 Å². The number of hydrogen-bond donors (Lipinski definition) is 6. The maximum Gasteiger partial charge on any atom is 0.327 e. The molecule has 51 heavy (non-hydrogen) atoms. The molecule has 0 radical (unpaired) electrons. The zero-order chi connectivity index (χ0) is 36.6. The lowest BCUT2D eigenvalue weighted by Crippen LogP contribution is -2.56. The van der Waals surface area contributed by atoms with E-state index in [2.05, 4.69) is 30.3 Å². The molecule has 1 saturated carbocycles. The summed E-state index contributed by atoms with van der Waals surface area (Å²) >= 11 is 12.3. The van der Waals surface area contributed by atoms with Gasteiger partial charge in [0.1, 0.15) is 35.7 Å². The Labute approximate surface area is 303 Å². The number of aliphatic hydroxyl groups is 2. The molecule has 3 heterocycles. The second-order valence-electron chi connectivity index (χ2n) is 12.3. The van der Waals surface area contributed by atoms with Gasteiger partial charge in [-0.3, -0.25) is 14.8 Å². The van der Waals surface area contributed by atoms with Gasteiger partial charge in [-0.15, -0.1) is 4.83 Å². The van der Waals surface area contributed by atoms with Gasteiger partial charge in [0.05, 0.1) is 19.2 Å². The minimum Gasteiger partial charge on any atom is -0.459 e. The molecular weight excluding hydrogens is 750 g/mol. The summed E-state index contributed by atoms with van der Waals surface area (Å²) in [5, 5.41) is 26.9. The number of carbonyl (C=O) groups excluding carboxylic acids is 1. The van der Waals surface area contributed by atoms with Crippen molar-refractivity contribution in [3.05, 3.63) is 70.5 Å². The maximum atomic E-state index is 13.5. The van der Waals surface area contributed by atoms with Crippen molar-refractivity contribution < 1.29 is 41.9 Å². The first-order chi connectivity index (χ1) is 24.1. The van der Waals surface area contributed by atoms with Gasteiger partial charge in [-0.05, 0) is 56.5 Å². The molecule has 0 spiro atoms. The number of hydrogen-bond acceptors (Lipinski definition) is 15. The molecule has 2 aliphatic rings. The van der Waals surface area contributed by atoms with Gasteiger partial charge >= 0.3 is 14.5 Å². The molecule has 21 heteroatoms. The Balaban J connectivity index is 1.20. The quantitative estimate of drug-likeness (QED) is 0.0612. The van der Waals surface area contributed by atoms with Crippen molar-refractivity contribution in [3.63, 3.8) is 0 Å². The van der Waals surface area contributed by atoms with Crippen LogP contribution in [0.4, 0.5) is 11.8 Å². The van der Waals surface area contributed by atoms with Crippen molar-refractivity contribution in [1.29, 1.82) is 0 Å². The van der Waals surface area contributed by atoms with Crippen molar-refractivity contribution >= 4 is 70.7 Å². The number of rotatable bonds is 14. The number of nitrogens with zero attached hydrogens (tertiary/aromatic N) is 4. The zero-order valence-corrected chi connectivity index (χ0v) is 30.4. The summed E-state index contributed by atoms with van der Waals surface area (Å²) < 4.78 is 48.7. The minimum absolute atomic E-state index is 0.0252. The summed E-state index contributed by atoms with van der Waals surface area (Å²) in [5.41, 5.74) is 6.14. The van der Waals surface area contributed by atoms with E-state index in [1.807, 2.05) is 0 Å². The first-order valence-corrected chi connectivity index (χ1v) is 19.3. The van der Waals surface area contributed by atoms with Gasteiger partial charge in [-0.25, -0.2) is 18.5 Å². The standard InChI is InChI=1S/C30H35Cl2N8O9PS/c1-29(43)23(41)21(48-26(29)40-16-34-22-24(37-39-51(2,44)45)35-28(33)36-25(22)40)15-47-50(49-19-10-8-18(31)9-11-19)38-30(12-5-13-30)27(42)46-14-17-6-3-4-7-20(17)32/h3-4,6-11,16,21,23,26,38-39,41,43H,5,12-15H2,1-2H3,(H3,33,35,36,37)/t21?,23-,26?,29-,50?/m1/s1. The Morgan fingerprint density at radius 2 is 1.90 bits per heavy atom. The number of esters is 1. The third-order valence-electron chi connectivity index (χ3n) is 8.38. The number of sulfonamides is 1. The maximum absolute atomic E-state index is 13.5. The molecule has 6 rings (SSSR count). The molecule has 2 aromatic heterocycles. The number of benzene rings is 2. The summed E-state index contributed by atoms with van der Waals surface area (Å²) in [6, 6.07) is 13.6. The first kappa shape index (κ1) is 37.3. The summed E-state index contributed by atoms with van der Waals surface area (Å²) in [6.45, 7) is 1.05. The molecule has 5 atom stereocenters. The van der Waals surface area contributed by atoms with Crippen LogP contribution in [-0.4, -0.2) is 80.3 Å². The van der Waals surface area contributed by atoms with E-state index in [9.17, 15) is 23.4 Å². The monoisotopic (exact) mass is 784 g/mol. The van der Waals surface area contributed by atoms with Crippen molar-refractivity contribution in [3.8, 4) is 5.75 Å². The number of anilines is 2. The Bertz CT molecular complexity index is 2000. The van der Waals surface area contributed by atoms with E-state index in [0.717, 1.165) is 12.7 Å². The van der Waals surface area contributed by atoms with Crippen LogP contribution in [-0.2, 0) is 35.4 Å². The highest BCUT2D eigenvalue weighted by Gasteiger charge is 2.54. The van der Waals surface area contributed by atoms with Crippen molar-refractivity contribution in [1.82, 2.24) is 29.4 Å². The Kier molecular flexibility index (Phi) is 10.9. The lowest BCUT2D eigenvalue weighted by Gasteiger charge is -2.41. The molecule has 1 aliphatic carbocycles. The average molecular weight is 786 g/mol. The SMILES string of the molecule is C[C@]1(O)C(n2cnc3c(NNS(C)(=O)=O)nc(N)nc32)OC(COP(NC2(C(=O)OCc3ccccc3Cl)CCC2)Oc2ccc(Cl)cc2)[C@H]1O. The van der Waals surface area contributed by atoms with Gasteiger partial charge < -0.3 is 34.5 Å². The van der Waals surface area contributed by atoms with E-state index in [0.29, 0.717) is 34.2 Å². The number of fused-ring (bicyclic) bond motifs is 1. The molecule has 1 saturated heterocycles. The van der Waals surface area contributed by atoms with Gasteiger partial charge in [0.2, 0.25) is 16.0 Å². The van der Waals surface area contributed by atoms with E-state index in [-0.39, 0.29) is 36.1 Å². The van der Waals surface area contributed by atoms with Crippen molar-refractivity contribution in [2.45, 2.75) is 62.4 Å². The summed E-state index contributed by atoms with van der Waals surface area (Å²) in [4.78, 5) is 28.0. The van der Waals surface area contributed by atoms with Gasteiger partial charge in [0, 0.05) is 15.6 Å². The molecule has 274 valence electrons. The van der Waals surface area contributed by atoms with Gasteiger partial charge in [-0.2, -0.15) is 9.97 Å². The zero-order valence-electron chi connectivity index (χ0n) is 27.2. The average Bonchev–Trinajstić information content (AvgIpc) is 3.57. The summed E-state index contributed by atoms with van der Waals surface area (Å²) in [6.07, 6.45) is 0.0176. The molecule has 7 N–H and O–H groups in total. The van der Waals surface area contributed by atoms with Crippen LogP contribution in [0.3, 0.4) is 0 Å². The fraction of sp³-hybridized carbons (Fsp3) is 0.400. The molecule has 2 aromatic carbocycles. The van der Waals surface area contributed by atoms with Crippen molar-refractivity contribution in [2.75, 3.05) is 24.0 Å². The number of aromatic nitrogens is 4. The third kappa shape index (κ3) is 8.30. The normalized spacial score (nSPS) is 23.5. The number of imidazole rings is 1. The predicted molar refractivity (Wildman–Crippen MR) is 188 cm³/mol. The van der Waals surface area contributed by atoms with Crippen LogP contribution in [0.2, 0.25) is 10.0 Å². The molecule has 3 unspecified atom stereocenters. The van der Waals surface area contributed by atoms with Crippen LogP contribution in [0.1, 0.15) is 38.0 Å². The minimum atomic E-state index is -3.67. The first-order valence-electron chi connectivity index (χ1n) is 15.5. The van der Waals surface area contributed by atoms with Crippen molar-refractivity contribution in [2.24, 2.45) is 0 Å². The Hall–Kier alpha value is -3.42. The molecule has 2 fully saturated rings. The van der Waals surface area contributed by atoms with Crippen LogP contribution < -0.4 is 25.6 Å². The van der Waals surface area contributed by atoms with E-state index in [1.54, 1.807) is 48.5 Å². The summed E-state index contributed by atoms with van der Waals surface area (Å²) in [7, 11) is -5.75. The van der Waals surface area contributed by atoms with Gasteiger partial charge in [0.25, 0.3) is 0 Å². The highest BCUT2D eigenvalue weighted by Crippen LogP contribution is 2.46. The van der Waals surface area contributed by atoms with E-state index < -0.39 is 54.1 Å². The third-order valence-corrected chi connectivity index (χ3v) is 10.8. The predicted octanol–water partition coefficient (Wildman–Crippen LogP) is 3.18. The highest BCUT2D eigenvalue weighted by atomic mass is 35.5. The number of ether oxygens (including phenoxy) is 2. The second-order valence-corrected chi connectivity index (χ2v) is 16.0. The number of nitrogen functional groups attached to an aromatic ring is 1. The fourth-order valence-electron chi connectivity index (χ4n) is 5.49. The lowest BCUT2D eigenvalue weighted by molar-refractivity contribution is -0.156. The number of carbonyl (C=O) groups is 1. The number of nitrogens with one attached hydrogen (secondary N) is 3. The number of aliphatic hydroxyl groups excluding tert-OH is 1. The molecule has 0 amide bonds. The van der Waals surface area contributed by atoms with Crippen LogP contribution in [0.5, 0.6) is 5.75 Å². The molecule has 0 bridgehead atoms. The second kappa shape index (κ2) is 14.9.